The predicted molar refractivity (Wildman–Crippen MR) is 88.8 cm³/mol. The van der Waals surface area contributed by atoms with Crippen molar-refractivity contribution in [3.63, 3.8) is 0 Å². The highest BCUT2D eigenvalue weighted by Gasteiger charge is 2.46. The van der Waals surface area contributed by atoms with Gasteiger partial charge in [0.15, 0.2) is 0 Å². The van der Waals surface area contributed by atoms with E-state index in [0.29, 0.717) is 25.1 Å². The number of carbonyl (C=O) groups excluding carboxylic acids is 1. The zero-order chi connectivity index (χ0) is 18.6. The molecule has 2 unspecified atom stereocenters. The second kappa shape index (κ2) is 5.81. The van der Waals surface area contributed by atoms with E-state index in [1.807, 2.05) is 0 Å². The van der Waals surface area contributed by atoms with Gasteiger partial charge in [-0.15, -0.1) is 0 Å². The highest BCUT2D eigenvalue weighted by molar-refractivity contribution is 5.71. The zero-order valence-electron chi connectivity index (χ0n) is 14.9. The lowest BCUT2D eigenvalue weighted by atomic mass is 9.89. The molecule has 0 aliphatic carbocycles. The van der Waals surface area contributed by atoms with Crippen molar-refractivity contribution < 1.29 is 22.7 Å². The van der Waals surface area contributed by atoms with Crippen LogP contribution in [0, 0.1) is 0 Å². The van der Waals surface area contributed by atoms with Crippen LogP contribution in [-0.2, 0) is 10.9 Å². The molecule has 0 N–H and O–H groups in total. The zero-order valence-corrected chi connectivity index (χ0v) is 14.9. The third kappa shape index (κ3) is 3.28. The van der Waals surface area contributed by atoms with Crippen LogP contribution in [0.2, 0.25) is 0 Å². The third-order valence-corrected chi connectivity index (χ3v) is 4.85. The molecular weight excluding hydrogens is 333 g/mol. The number of piperidine rings is 1. The molecule has 4 nitrogen and oxygen atoms in total. The average molecular weight is 356 g/mol. The highest BCUT2D eigenvalue weighted by Crippen LogP contribution is 2.49. The van der Waals surface area contributed by atoms with E-state index in [4.69, 9.17) is 4.74 Å². The number of alkyl halides is 3. The molecule has 138 valence electrons. The van der Waals surface area contributed by atoms with E-state index in [1.165, 1.54) is 6.07 Å². The van der Waals surface area contributed by atoms with Crippen molar-refractivity contribution in [2.45, 2.75) is 50.9 Å². The number of likely N-dealkylation sites (tertiary alicyclic amines) is 1. The summed E-state index contributed by atoms with van der Waals surface area (Å²) in [4.78, 5) is 15.7. The van der Waals surface area contributed by atoms with E-state index < -0.39 is 23.4 Å². The average Bonchev–Trinajstić information content (AvgIpc) is 2.77. The number of anilines is 1. The van der Waals surface area contributed by atoms with Crippen molar-refractivity contribution in [2.75, 3.05) is 25.0 Å². The molecule has 2 atom stereocenters. The normalized spacial score (nSPS) is 23.3. The van der Waals surface area contributed by atoms with Gasteiger partial charge in [-0.2, -0.15) is 13.2 Å². The lowest BCUT2D eigenvalue weighted by molar-refractivity contribution is -0.137. The molecule has 3 rings (SSSR count). The van der Waals surface area contributed by atoms with Crippen LogP contribution in [0.25, 0.3) is 0 Å². The van der Waals surface area contributed by atoms with Crippen LogP contribution in [0.3, 0.4) is 0 Å². The van der Waals surface area contributed by atoms with Crippen LogP contribution in [0.1, 0.15) is 44.2 Å². The minimum Gasteiger partial charge on any atom is -0.444 e. The molecular formula is C18H23F3N2O2. The fraction of sp³-hybridized carbons (Fsp3) is 0.611. The molecule has 1 fully saturated rings. The van der Waals surface area contributed by atoms with Crippen molar-refractivity contribution in [3.8, 4) is 0 Å². The quantitative estimate of drug-likeness (QED) is 0.697. The molecule has 2 heterocycles. The first-order chi connectivity index (χ1) is 11.5. The van der Waals surface area contributed by atoms with Gasteiger partial charge in [-0.1, -0.05) is 12.1 Å². The van der Waals surface area contributed by atoms with Gasteiger partial charge < -0.3 is 14.5 Å². The Bertz CT molecular complexity index is 682. The molecule has 0 aromatic heterocycles. The summed E-state index contributed by atoms with van der Waals surface area (Å²) in [6.07, 6.45) is -4.18. The monoisotopic (exact) mass is 356 g/mol. The Kier molecular flexibility index (Phi) is 4.16. The summed E-state index contributed by atoms with van der Waals surface area (Å²) in [7, 11) is 1.71. The second-order valence-electron chi connectivity index (χ2n) is 7.74. The maximum Gasteiger partial charge on any atom is 0.418 e. The topological polar surface area (TPSA) is 32.8 Å². The lowest BCUT2D eigenvalue weighted by Crippen LogP contribution is -2.48. The molecule has 2 aliphatic heterocycles. The number of fused-ring (bicyclic) bond motifs is 3. The molecule has 1 amide bonds. The Morgan fingerprint density at radius 2 is 1.92 bits per heavy atom. The molecule has 0 radical (unpaired) electrons. The summed E-state index contributed by atoms with van der Waals surface area (Å²) in [6, 6.07) is 4.28. The summed E-state index contributed by atoms with van der Waals surface area (Å²) >= 11 is 0. The Labute approximate surface area is 145 Å². The molecule has 2 aliphatic rings. The minimum absolute atomic E-state index is 0.0304. The number of likely N-dealkylation sites (N-methyl/N-ethyl adjacent to an activating group) is 1. The van der Waals surface area contributed by atoms with Gasteiger partial charge in [-0.3, -0.25) is 0 Å². The molecule has 1 aromatic rings. The minimum atomic E-state index is -4.39. The van der Waals surface area contributed by atoms with Crippen molar-refractivity contribution >= 4 is 11.8 Å². The van der Waals surface area contributed by atoms with Crippen LogP contribution in [0.5, 0.6) is 0 Å². The highest BCUT2D eigenvalue weighted by atomic mass is 19.4. The third-order valence-electron chi connectivity index (χ3n) is 4.85. The number of rotatable bonds is 0. The number of hydrogen-bond donors (Lipinski definition) is 0. The number of benzene rings is 1. The summed E-state index contributed by atoms with van der Waals surface area (Å²) in [5.41, 5.74) is -0.292. The van der Waals surface area contributed by atoms with Crippen LogP contribution >= 0.6 is 0 Å². The molecule has 0 spiro atoms. The molecule has 0 bridgehead atoms. The fourth-order valence-corrected chi connectivity index (χ4v) is 3.85. The van der Waals surface area contributed by atoms with Gasteiger partial charge in [0.25, 0.3) is 0 Å². The van der Waals surface area contributed by atoms with E-state index in [2.05, 4.69) is 0 Å². The number of halogens is 3. The Balaban J connectivity index is 1.89. The molecule has 0 saturated carbocycles. The van der Waals surface area contributed by atoms with Gasteiger partial charge in [-0.25, -0.2) is 4.79 Å². The van der Waals surface area contributed by atoms with Crippen LogP contribution in [0.4, 0.5) is 23.7 Å². The SMILES string of the molecule is CN1c2c(cccc2C(F)(F)F)C2CN(C(=O)OC(C)(C)C)CCC21. The predicted octanol–water partition coefficient (Wildman–Crippen LogP) is 4.25. The van der Waals surface area contributed by atoms with Crippen LogP contribution < -0.4 is 4.90 Å². The first-order valence-corrected chi connectivity index (χ1v) is 8.40. The van der Waals surface area contributed by atoms with Gasteiger partial charge in [0.1, 0.15) is 5.60 Å². The van der Waals surface area contributed by atoms with Crippen LogP contribution in [-0.4, -0.2) is 42.8 Å². The van der Waals surface area contributed by atoms with E-state index in [1.54, 1.807) is 43.7 Å². The standard InChI is InChI=1S/C18H23F3N2O2/c1-17(2,3)25-16(24)23-9-8-14-12(10-23)11-6-5-7-13(18(19,20)21)15(11)22(14)4/h5-7,12,14H,8-10H2,1-4H3. The summed E-state index contributed by atoms with van der Waals surface area (Å²) in [6.45, 7) is 6.25. The lowest BCUT2D eigenvalue weighted by Gasteiger charge is -2.38. The maximum absolute atomic E-state index is 13.4. The van der Waals surface area contributed by atoms with Crippen molar-refractivity contribution in [1.29, 1.82) is 0 Å². The molecule has 1 aromatic carbocycles. The summed E-state index contributed by atoms with van der Waals surface area (Å²) in [5.74, 6) is -0.136. The van der Waals surface area contributed by atoms with E-state index in [9.17, 15) is 18.0 Å². The number of amides is 1. The Morgan fingerprint density at radius 1 is 1.24 bits per heavy atom. The number of hydrogen-bond acceptors (Lipinski definition) is 3. The number of para-hydroxylation sites is 1. The van der Waals surface area contributed by atoms with Gasteiger partial charge >= 0.3 is 12.3 Å². The number of ether oxygens (including phenoxy) is 1. The van der Waals surface area contributed by atoms with Gasteiger partial charge in [0, 0.05) is 32.1 Å². The molecule has 1 saturated heterocycles. The first-order valence-electron chi connectivity index (χ1n) is 8.40. The molecule has 25 heavy (non-hydrogen) atoms. The van der Waals surface area contributed by atoms with Crippen LogP contribution in [0.15, 0.2) is 18.2 Å². The summed E-state index contributed by atoms with van der Waals surface area (Å²) < 4.78 is 45.5. The van der Waals surface area contributed by atoms with E-state index in [-0.39, 0.29) is 17.6 Å². The van der Waals surface area contributed by atoms with Gasteiger partial charge in [-0.05, 0) is 38.8 Å². The Morgan fingerprint density at radius 3 is 2.52 bits per heavy atom. The van der Waals surface area contributed by atoms with Gasteiger partial charge in [0.05, 0.1) is 11.3 Å². The van der Waals surface area contributed by atoms with Gasteiger partial charge in [0.2, 0.25) is 0 Å². The van der Waals surface area contributed by atoms with E-state index in [0.717, 1.165) is 6.07 Å². The fourth-order valence-electron chi connectivity index (χ4n) is 3.85. The molecule has 7 heteroatoms. The second-order valence-corrected chi connectivity index (χ2v) is 7.74. The van der Waals surface area contributed by atoms with Crippen molar-refractivity contribution in [2.24, 2.45) is 0 Å². The Hall–Kier alpha value is -1.92. The van der Waals surface area contributed by atoms with E-state index >= 15 is 0 Å². The largest absolute Gasteiger partial charge is 0.444 e. The van der Waals surface area contributed by atoms with Crippen molar-refractivity contribution in [3.05, 3.63) is 29.3 Å². The van der Waals surface area contributed by atoms with Crippen molar-refractivity contribution in [1.82, 2.24) is 4.90 Å². The first kappa shape index (κ1) is 17.9. The maximum atomic E-state index is 13.4. The summed E-state index contributed by atoms with van der Waals surface area (Å²) in [5, 5.41) is 0. The smallest absolute Gasteiger partial charge is 0.418 e. The number of carbonyl (C=O) groups is 1. The number of nitrogens with zero attached hydrogens (tertiary/aromatic N) is 2.